The number of aromatic nitrogens is 4. The molecule has 0 aliphatic heterocycles. The fourth-order valence-corrected chi connectivity index (χ4v) is 2.04. The molecule has 2 heterocycles. The van der Waals surface area contributed by atoms with Crippen LogP contribution in [-0.2, 0) is 0 Å². The minimum Gasteiger partial charge on any atom is -0.493 e. The molecule has 0 spiro atoms. The Hall–Kier alpha value is -2.83. The summed E-state index contributed by atoms with van der Waals surface area (Å²) in [5.74, 6) is 1.64. The highest BCUT2D eigenvalue weighted by atomic mass is 16.5. The summed E-state index contributed by atoms with van der Waals surface area (Å²) in [6, 6.07) is 5.49. The summed E-state index contributed by atoms with van der Waals surface area (Å²) in [6.07, 6.45) is 3.06. The van der Waals surface area contributed by atoms with Gasteiger partial charge in [-0.05, 0) is 12.1 Å². The molecular formula is C13H13N5O2. The van der Waals surface area contributed by atoms with Crippen molar-refractivity contribution in [3.63, 3.8) is 0 Å². The monoisotopic (exact) mass is 271 g/mol. The second-order valence-electron chi connectivity index (χ2n) is 4.09. The maximum atomic E-state index is 5.90. The van der Waals surface area contributed by atoms with Crippen LogP contribution in [0.25, 0.3) is 16.7 Å². The first-order valence-corrected chi connectivity index (χ1v) is 5.91. The molecule has 0 amide bonds. The van der Waals surface area contributed by atoms with Gasteiger partial charge in [0.05, 0.1) is 26.1 Å². The zero-order chi connectivity index (χ0) is 14.1. The van der Waals surface area contributed by atoms with Gasteiger partial charge in [-0.15, -0.1) is 0 Å². The van der Waals surface area contributed by atoms with Gasteiger partial charge in [0.1, 0.15) is 17.4 Å². The Morgan fingerprint density at radius 1 is 1.10 bits per heavy atom. The molecule has 2 aromatic heterocycles. The van der Waals surface area contributed by atoms with E-state index in [1.807, 2.05) is 18.2 Å². The standard InChI is InChI=1S/C13H13N5O2/c1-19-10-4-3-8(5-11(10)20-2)18-12-9(6-17-18)15-7-16-13(12)14/h3-7H,1-2H3,(H2,14,15,16). The summed E-state index contributed by atoms with van der Waals surface area (Å²) < 4.78 is 12.2. The number of nitrogens with two attached hydrogens (primary N) is 1. The van der Waals surface area contributed by atoms with Crippen LogP contribution in [0, 0.1) is 0 Å². The van der Waals surface area contributed by atoms with E-state index in [1.165, 1.54) is 6.33 Å². The van der Waals surface area contributed by atoms with Gasteiger partial charge in [0.25, 0.3) is 0 Å². The van der Waals surface area contributed by atoms with Crippen molar-refractivity contribution in [1.82, 2.24) is 19.7 Å². The Labute approximate surface area is 115 Å². The lowest BCUT2D eigenvalue weighted by atomic mass is 10.2. The van der Waals surface area contributed by atoms with E-state index in [1.54, 1.807) is 25.1 Å². The number of nitrogens with zero attached hydrogens (tertiary/aromatic N) is 4. The smallest absolute Gasteiger partial charge is 0.162 e. The van der Waals surface area contributed by atoms with Crippen molar-refractivity contribution in [2.45, 2.75) is 0 Å². The second-order valence-corrected chi connectivity index (χ2v) is 4.09. The number of hydrogen-bond acceptors (Lipinski definition) is 6. The average molecular weight is 271 g/mol. The Morgan fingerprint density at radius 2 is 1.90 bits per heavy atom. The number of anilines is 1. The van der Waals surface area contributed by atoms with Gasteiger partial charge in [0, 0.05) is 6.07 Å². The van der Waals surface area contributed by atoms with Crippen LogP contribution >= 0.6 is 0 Å². The molecule has 7 heteroatoms. The van der Waals surface area contributed by atoms with Gasteiger partial charge in [-0.25, -0.2) is 14.6 Å². The minimum atomic E-state index is 0.377. The lowest BCUT2D eigenvalue weighted by Gasteiger charge is -2.10. The summed E-state index contributed by atoms with van der Waals surface area (Å²) in [5, 5.41) is 4.30. The van der Waals surface area contributed by atoms with Crippen molar-refractivity contribution >= 4 is 16.9 Å². The molecular weight excluding hydrogens is 258 g/mol. The maximum absolute atomic E-state index is 5.90. The Kier molecular flexibility index (Phi) is 2.86. The predicted molar refractivity (Wildman–Crippen MR) is 74.2 cm³/mol. The largest absolute Gasteiger partial charge is 0.493 e. The van der Waals surface area contributed by atoms with Gasteiger partial charge in [-0.1, -0.05) is 0 Å². The summed E-state index contributed by atoms with van der Waals surface area (Å²) >= 11 is 0. The van der Waals surface area contributed by atoms with Gasteiger partial charge < -0.3 is 15.2 Å². The summed E-state index contributed by atoms with van der Waals surface area (Å²) in [5.41, 5.74) is 8.04. The van der Waals surface area contributed by atoms with Gasteiger partial charge in [-0.2, -0.15) is 5.10 Å². The lowest BCUT2D eigenvalue weighted by molar-refractivity contribution is 0.355. The van der Waals surface area contributed by atoms with Gasteiger partial charge in [-0.3, -0.25) is 0 Å². The predicted octanol–water partition coefficient (Wildman–Crippen LogP) is 1.41. The number of benzene rings is 1. The molecule has 0 aliphatic rings. The van der Waals surface area contributed by atoms with E-state index in [0.717, 1.165) is 5.69 Å². The Bertz CT molecular complexity index is 769. The first-order valence-electron chi connectivity index (χ1n) is 5.91. The third-order valence-corrected chi connectivity index (χ3v) is 3.00. The van der Waals surface area contributed by atoms with Crippen molar-refractivity contribution in [3.05, 3.63) is 30.7 Å². The topological polar surface area (TPSA) is 88.1 Å². The molecule has 0 unspecified atom stereocenters. The maximum Gasteiger partial charge on any atom is 0.162 e. The van der Waals surface area contributed by atoms with Crippen LogP contribution in [0.15, 0.2) is 30.7 Å². The fraction of sp³-hybridized carbons (Fsp3) is 0.154. The van der Waals surface area contributed by atoms with E-state index < -0.39 is 0 Å². The molecule has 7 nitrogen and oxygen atoms in total. The van der Waals surface area contributed by atoms with E-state index in [2.05, 4.69) is 15.1 Å². The van der Waals surface area contributed by atoms with Crippen LogP contribution in [0.1, 0.15) is 0 Å². The first kappa shape index (κ1) is 12.2. The highest BCUT2D eigenvalue weighted by Gasteiger charge is 2.12. The van der Waals surface area contributed by atoms with Gasteiger partial charge in [0.2, 0.25) is 0 Å². The number of hydrogen-bond donors (Lipinski definition) is 1. The molecule has 2 N–H and O–H groups in total. The highest BCUT2D eigenvalue weighted by Crippen LogP contribution is 2.30. The molecule has 0 fully saturated rings. The molecule has 0 bridgehead atoms. The first-order chi connectivity index (χ1) is 9.74. The number of methoxy groups -OCH3 is 2. The molecule has 102 valence electrons. The molecule has 3 aromatic rings. The van der Waals surface area contributed by atoms with Crippen LogP contribution in [0.5, 0.6) is 11.5 Å². The summed E-state index contributed by atoms with van der Waals surface area (Å²) in [6.45, 7) is 0. The van der Waals surface area contributed by atoms with Crippen LogP contribution in [0.3, 0.4) is 0 Å². The third-order valence-electron chi connectivity index (χ3n) is 3.00. The molecule has 0 saturated heterocycles. The SMILES string of the molecule is COc1ccc(-n2ncc3ncnc(N)c32)cc1OC. The number of ether oxygens (including phenoxy) is 2. The average Bonchev–Trinajstić information content (AvgIpc) is 2.92. The van der Waals surface area contributed by atoms with E-state index in [0.29, 0.717) is 28.4 Å². The van der Waals surface area contributed by atoms with Crippen molar-refractivity contribution in [1.29, 1.82) is 0 Å². The van der Waals surface area contributed by atoms with Crippen LogP contribution in [0.2, 0.25) is 0 Å². The van der Waals surface area contributed by atoms with E-state index in [4.69, 9.17) is 15.2 Å². The second kappa shape index (κ2) is 4.69. The highest BCUT2D eigenvalue weighted by molar-refractivity contribution is 5.85. The number of fused-ring (bicyclic) bond motifs is 1. The Balaban J connectivity index is 2.21. The number of nitrogen functional groups attached to an aromatic ring is 1. The zero-order valence-electron chi connectivity index (χ0n) is 11.1. The van der Waals surface area contributed by atoms with Gasteiger partial charge in [0.15, 0.2) is 17.3 Å². The molecule has 0 saturated carbocycles. The normalized spacial score (nSPS) is 10.7. The summed E-state index contributed by atoms with van der Waals surface area (Å²) in [7, 11) is 3.17. The van der Waals surface area contributed by atoms with Crippen LogP contribution < -0.4 is 15.2 Å². The van der Waals surface area contributed by atoms with Crippen LogP contribution in [-0.4, -0.2) is 34.0 Å². The fourth-order valence-electron chi connectivity index (χ4n) is 2.04. The van der Waals surface area contributed by atoms with E-state index >= 15 is 0 Å². The summed E-state index contributed by atoms with van der Waals surface area (Å²) in [4.78, 5) is 8.13. The molecule has 0 aliphatic carbocycles. The molecule has 1 aromatic carbocycles. The molecule has 3 rings (SSSR count). The van der Waals surface area contributed by atoms with Crippen LogP contribution in [0.4, 0.5) is 5.82 Å². The zero-order valence-corrected chi connectivity index (χ0v) is 11.1. The van der Waals surface area contributed by atoms with Crippen molar-refractivity contribution in [2.24, 2.45) is 0 Å². The molecule has 0 radical (unpaired) electrons. The van der Waals surface area contributed by atoms with Crippen molar-refractivity contribution in [3.8, 4) is 17.2 Å². The quantitative estimate of drug-likeness (QED) is 0.775. The van der Waals surface area contributed by atoms with Crippen molar-refractivity contribution in [2.75, 3.05) is 20.0 Å². The lowest BCUT2D eigenvalue weighted by Crippen LogP contribution is -2.01. The minimum absolute atomic E-state index is 0.377. The van der Waals surface area contributed by atoms with E-state index in [-0.39, 0.29) is 0 Å². The van der Waals surface area contributed by atoms with Gasteiger partial charge >= 0.3 is 0 Å². The Morgan fingerprint density at radius 3 is 2.65 bits per heavy atom. The van der Waals surface area contributed by atoms with Crippen molar-refractivity contribution < 1.29 is 9.47 Å². The van der Waals surface area contributed by atoms with E-state index in [9.17, 15) is 0 Å². The molecule has 20 heavy (non-hydrogen) atoms. The molecule has 0 atom stereocenters. The number of rotatable bonds is 3. The third kappa shape index (κ3) is 1.80.